The Labute approximate surface area is 273 Å². The minimum atomic E-state index is -4.73. The number of nitrogens with one attached hydrogen (secondary N) is 1. The van der Waals surface area contributed by atoms with Gasteiger partial charge in [-0.05, 0) is 54.8 Å². The van der Waals surface area contributed by atoms with Crippen molar-refractivity contribution in [2.24, 2.45) is 5.92 Å². The van der Waals surface area contributed by atoms with E-state index >= 15 is 0 Å². The predicted molar refractivity (Wildman–Crippen MR) is 162 cm³/mol. The van der Waals surface area contributed by atoms with Crippen molar-refractivity contribution in [3.63, 3.8) is 0 Å². The molecule has 3 aromatic heterocycles. The number of fused-ring (bicyclic) bond motifs is 4. The van der Waals surface area contributed by atoms with Crippen LogP contribution < -0.4 is 10.9 Å². The standard InChI is InChI=1S/C31H23ClF5N9O2/c1-16-3-2-4-24(18-7-17(12-38)8-19(9-18)28-23(41-29(16)48)13-40-46(28)30(33)34)44-15-39-22(11-27(44)47)21-10-20(32)5-6-25(21)45-14-26(42-43-45)31(35,36)37/h5-11,13-16,24,30H,2-4H2,1H3,(H,41,48)/t16-,24+/m1/s1. The SMILES string of the molecule is C[C@@H]1CCC[C@H](n2cnc(-c3cc(Cl)ccc3-n3cc(C(F)(F)F)nn3)cc2=O)c2cc(C#N)cc(c2)-c2c(cnn2C(F)F)NC1=O. The summed E-state index contributed by atoms with van der Waals surface area (Å²) < 4.78 is 70.5. The Morgan fingerprint density at radius 1 is 1.10 bits per heavy atom. The zero-order valence-electron chi connectivity index (χ0n) is 24.8. The summed E-state index contributed by atoms with van der Waals surface area (Å²) >= 11 is 6.21. The van der Waals surface area contributed by atoms with Crippen molar-refractivity contribution in [2.45, 2.75) is 45.0 Å². The number of aromatic nitrogens is 7. The molecule has 11 nitrogen and oxygen atoms in total. The fraction of sp³-hybridized carbons (Fsp3) is 0.258. The summed E-state index contributed by atoms with van der Waals surface area (Å²) in [6.07, 6.45) is -0.521. The smallest absolute Gasteiger partial charge is 0.323 e. The molecule has 0 fully saturated rings. The van der Waals surface area contributed by atoms with Crippen LogP contribution >= 0.6 is 11.6 Å². The highest BCUT2D eigenvalue weighted by molar-refractivity contribution is 6.31. The summed E-state index contributed by atoms with van der Waals surface area (Å²) in [6, 6.07) is 11.2. The topological polar surface area (TPSA) is 136 Å². The van der Waals surface area contributed by atoms with Crippen LogP contribution in [0.2, 0.25) is 5.02 Å². The summed E-state index contributed by atoms with van der Waals surface area (Å²) in [4.78, 5) is 31.2. The third-order valence-corrected chi connectivity index (χ3v) is 8.22. The molecule has 2 aromatic carbocycles. The van der Waals surface area contributed by atoms with Crippen molar-refractivity contribution in [1.29, 1.82) is 5.26 Å². The number of nitrogens with zero attached hydrogens (tertiary/aromatic N) is 8. The van der Waals surface area contributed by atoms with Crippen molar-refractivity contribution in [3.8, 4) is 34.3 Å². The molecule has 2 bridgehead atoms. The first-order valence-corrected chi connectivity index (χ1v) is 14.8. The largest absolute Gasteiger partial charge is 0.436 e. The van der Waals surface area contributed by atoms with Gasteiger partial charge in [-0.1, -0.05) is 30.2 Å². The number of anilines is 1. The molecule has 5 aromatic rings. The first-order valence-electron chi connectivity index (χ1n) is 14.4. The van der Waals surface area contributed by atoms with E-state index in [1.807, 2.05) is 6.07 Å². The number of nitriles is 1. The third-order valence-electron chi connectivity index (χ3n) is 7.98. The Kier molecular flexibility index (Phi) is 8.56. The van der Waals surface area contributed by atoms with Gasteiger partial charge in [0, 0.05) is 28.1 Å². The summed E-state index contributed by atoms with van der Waals surface area (Å²) in [7, 11) is 0. The maximum absolute atomic E-state index is 14.1. The average molecular weight is 684 g/mol. The van der Waals surface area contributed by atoms with Gasteiger partial charge < -0.3 is 5.32 Å². The molecule has 1 aliphatic heterocycles. The lowest BCUT2D eigenvalue weighted by Crippen LogP contribution is -2.27. The van der Waals surface area contributed by atoms with Crippen LogP contribution in [0, 0.1) is 17.2 Å². The maximum atomic E-state index is 14.1. The number of amides is 1. The summed E-state index contributed by atoms with van der Waals surface area (Å²) in [6.45, 7) is -1.37. The maximum Gasteiger partial charge on any atom is 0.436 e. The minimum absolute atomic E-state index is 0.0422. The third kappa shape index (κ3) is 6.28. The van der Waals surface area contributed by atoms with E-state index in [1.165, 1.54) is 41.2 Å². The number of rotatable bonds is 4. The van der Waals surface area contributed by atoms with Gasteiger partial charge in [0.25, 0.3) is 5.56 Å². The molecule has 48 heavy (non-hydrogen) atoms. The molecule has 0 aliphatic carbocycles. The molecule has 2 atom stereocenters. The van der Waals surface area contributed by atoms with Crippen LogP contribution in [-0.4, -0.2) is 40.2 Å². The first-order chi connectivity index (χ1) is 22.8. The summed E-state index contributed by atoms with van der Waals surface area (Å²) in [5.74, 6) is -0.928. The highest BCUT2D eigenvalue weighted by Crippen LogP contribution is 2.37. The van der Waals surface area contributed by atoms with Gasteiger partial charge >= 0.3 is 12.7 Å². The van der Waals surface area contributed by atoms with Crippen molar-refractivity contribution < 1.29 is 26.7 Å². The van der Waals surface area contributed by atoms with Crippen molar-refractivity contribution in [2.75, 3.05) is 5.32 Å². The molecule has 1 N–H and O–H groups in total. The number of carbonyl (C=O) groups is 1. The highest BCUT2D eigenvalue weighted by Gasteiger charge is 2.35. The Bertz CT molecular complexity index is 2130. The molecule has 0 radical (unpaired) electrons. The number of hydrogen-bond acceptors (Lipinski definition) is 7. The zero-order valence-corrected chi connectivity index (χ0v) is 25.5. The minimum Gasteiger partial charge on any atom is -0.323 e. The van der Waals surface area contributed by atoms with Gasteiger partial charge in [0.05, 0.1) is 59.2 Å². The molecular weight excluding hydrogens is 661 g/mol. The normalized spacial score (nSPS) is 16.9. The molecule has 0 unspecified atom stereocenters. The summed E-state index contributed by atoms with van der Waals surface area (Å²) in [5.41, 5.74) is -0.720. The van der Waals surface area contributed by atoms with Crippen LogP contribution in [0.3, 0.4) is 0 Å². The molecule has 4 heterocycles. The monoisotopic (exact) mass is 683 g/mol. The molecular formula is C31H23ClF5N9O2. The lowest BCUT2D eigenvalue weighted by Gasteiger charge is -2.23. The first kappa shape index (κ1) is 32.5. The van der Waals surface area contributed by atoms with Gasteiger partial charge in [0.2, 0.25) is 5.91 Å². The van der Waals surface area contributed by atoms with E-state index in [2.05, 4.69) is 25.7 Å². The lowest BCUT2D eigenvalue weighted by atomic mass is 9.92. The Hall–Kier alpha value is -5.43. The number of carbonyl (C=O) groups excluding carboxylic acids is 1. The quantitative estimate of drug-likeness (QED) is 0.210. The molecule has 6 rings (SSSR count). The van der Waals surface area contributed by atoms with Crippen LogP contribution in [0.25, 0.3) is 28.2 Å². The second-order valence-corrected chi connectivity index (χ2v) is 11.6. The Morgan fingerprint density at radius 2 is 1.90 bits per heavy atom. The number of alkyl halides is 5. The molecule has 246 valence electrons. The lowest BCUT2D eigenvalue weighted by molar-refractivity contribution is -0.141. The van der Waals surface area contributed by atoms with E-state index in [-0.39, 0.29) is 44.5 Å². The van der Waals surface area contributed by atoms with Gasteiger partial charge in [0.15, 0.2) is 5.69 Å². The van der Waals surface area contributed by atoms with Gasteiger partial charge in [-0.25, -0.2) is 14.3 Å². The van der Waals surface area contributed by atoms with Crippen molar-refractivity contribution >= 4 is 23.2 Å². The van der Waals surface area contributed by atoms with E-state index in [0.717, 1.165) is 10.9 Å². The second kappa shape index (κ2) is 12.6. The zero-order chi connectivity index (χ0) is 34.3. The van der Waals surface area contributed by atoms with E-state index in [0.29, 0.717) is 35.7 Å². The van der Waals surface area contributed by atoms with E-state index in [1.54, 1.807) is 19.1 Å². The van der Waals surface area contributed by atoms with Crippen LogP contribution in [0.15, 0.2) is 66.0 Å². The van der Waals surface area contributed by atoms with Gasteiger partial charge in [-0.2, -0.15) is 32.3 Å². The molecule has 0 spiro atoms. The Balaban J connectivity index is 1.47. The average Bonchev–Trinajstić information content (AvgIpc) is 3.71. The number of benzene rings is 2. The van der Waals surface area contributed by atoms with Crippen LogP contribution in [-0.2, 0) is 11.0 Å². The van der Waals surface area contributed by atoms with E-state index in [4.69, 9.17) is 11.6 Å². The van der Waals surface area contributed by atoms with Gasteiger partial charge in [-0.15, -0.1) is 5.10 Å². The molecule has 0 saturated heterocycles. The van der Waals surface area contributed by atoms with Crippen LogP contribution in [0.4, 0.5) is 27.6 Å². The van der Waals surface area contributed by atoms with Gasteiger partial charge in [0.1, 0.15) is 0 Å². The number of hydrogen-bond donors (Lipinski definition) is 1. The summed E-state index contributed by atoms with van der Waals surface area (Å²) in [5, 5.41) is 23.3. The molecule has 17 heteroatoms. The highest BCUT2D eigenvalue weighted by atomic mass is 35.5. The molecule has 0 saturated carbocycles. The molecule has 1 amide bonds. The molecule has 1 aliphatic rings. The second-order valence-electron chi connectivity index (χ2n) is 11.1. The van der Waals surface area contributed by atoms with E-state index < -0.39 is 41.8 Å². The van der Waals surface area contributed by atoms with Crippen molar-refractivity contribution in [3.05, 3.63) is 93.4 Å². The fourth-order valence-corrected chi connectivity index (χ4v) is 5.79. The van der Waals surface area contributed by atoms with Gasteiger partial charge in [-0.3, -0.25) is 14.2 Å². The predicted octanol–water partition coefficient (Wildman–Crippen LogP) is 6.64. The van der Waals surface area contributed by atoms with Crippen LogP contribution in [0.1, 0.15) is 55.6 Å². The number of halogens is 6. The fourth-order valence-electron chi connectivity index (χ4n) is 5.62. The van der Waals surface area contributed by atoms with Crippen LogP contribution in [0.5, 0.6) is 0 Å². The van der Waals surface area contributed by atoms with Crippen molar-refractivity contribution in [1.82, 2.24) is 34.3 Å². The van der Waals surface area contributed by atoms with E-state index in [9.17, 15) is 36.8 Å². The Morgan fingerprint density at radius 3 is 2.58 bits per heavy atom.